The van der Waals surface area contributed by atoms with Crippen LogP contribution < -0.4 is 9.47 Å². The first-order chi connectivity index (χ1) is 10.3. The van der Waals surface area contributed by atoms with E-state index in [-0.39, 0.29) is 6.61 Å². The summed E-state index contributed by atoms with van der Waals surface area (Å²) in [4.78, 5) is 0. The van der Waals surface area contributed by atoms with Gasteiger partial charge in [0.05, 0.1) is 13.7 Å². The van der Waals surface area contributed by atoms with Crippen LogP contribution in [0.5, 0.6) is 11.5 Å². The minimum atomic E-state index is -0.0928. The summed E-state index contributed by atoms with van der Waals surface area (Å²) in [5.74, 6) is 3.22. The Balaban J connectivity index is 1.74. The molecule has 0 aliphatic carbocycles. The van der Waals surface area contributed by atoms with Crippen molar-refractivity contribution in [2.45, 2.75) is 39.0 Å². The molecule has 0 saturated heterocycles. The first-order valence-corrected chi connectivity index (χ1v) is 7.13. The largest absolute Gasteiger partial charge is 0.497 e. The molecule has 0 bridgehead atoms. The average molecular weight is 289 g/mol. The van der Waals surface area contributed by atoms with Gasteiger partial charge in [0.15, 0.2) is 5.82 Å². The van der Waals surface area contributed by atoms with Gasteiger partial charge in [0.2, 0.25) is 0 Å². The van der Waals surface area contributed by atoms with E-state index in [1.165, 1.54) is 6.42 Å². The van der Waals surface area contributed by atoms with Crippen molar-refractivity contribution in [3.05, 3.63) is 35.4 Å². The second kappa shape index (κ2) is 6.13. The Morgan fingerprint density at radius 3 is 3.00 bits per heavy atom. The highest BCUT2D eigenvalue weighted by atomic mass is 16.5. The SMILES string of the molecule is COc1ccc(OCc2nnc3n2CCCC3)c(CO)c1. The molecule has 2 aromatic rings. The highest BCUT2D eigenvalue weighted by Gasteiger charge is 2.16. The molecule has 0 amide bonds. The quantitative estimate of drug-likeness (QED) is 0.907. The number of hydrogen-bond donors (Lipinski definition) is 1. The molecule has 1 aliphatic heterocycles. The van der Waals surface area contributed by atoms with E-state index in [2.05, 4.69) is 14.8 Å². The van der Waals surface area contributed by atoms with Crippen molar-refractivity contribution in [3.63, 3.8) is 0 Å². The Labute approximate surface area is 123 Å². The van der Waals surface area contributed by atoms with E-state index < -0.39 is 0 Å². The average Bonchev–Trinajstić information content (AvgIpc) is 2.96. The number of benzene rings is 1. The lowest BCUT2D eigenvalue weighted by Crippen LogP contribution is -2.14. The second-order valence-electron chi connectivity index (χ2n) is 5.06. The van der Waals surface area contributed by atoms with Gasteiger partial charge in [-0.1, -0.05) is 0 Å². The van der Waals surface area contributed by atoms with Crippen molar-refractivity contribution >= 4 is 0 Å². The van der Waals surface area contributed by atoms with Crippen molar-refractivity contribution < 1.29 is 14.6 Å². The predicted molar refractivity (Wildman–Crippen MR) is 76.2 cm³/mol. The number of rotatable bonds is 5. The van der Waals surface area contributed by atoms with Gasteiger partial charge in [-0.2, -0.15) is 0 Å². The molecule has 112 valence electrons. The van der Waals surface area contributed by atoms with Crippen molar-refractivity contribution in [1.82, 2.24) is 14.8 Å². The van der Waals surface area contributed by atoms with Crippen molar-refractivity contribution in [1.29, 1.82) is 0 Å². The molecule has 3 rings (SSSR count). The molecular formula is C15H19N3O3. The van der Waals surface area contributed by atoms with Crippen LogP contribution in [0.25, 0.3) is 0 Å². The first kappa shape index (κ1) is 13.9. The summed E-state index contributed by atoms with van der Waals surface area (Å²) in [6, 6.07) is 5.39. The maximum Gasteiger partial charge on any atom is 0.171 e. The third-order valence-electron chi connectivity index (χ3n) is 3.73. The zero-order valence-corrected chi connectivity index (χ0v) is 12.1. The molecule has 0 spiro atoms. The number of nitrogens with zero attached hydrogens (tertiary/aromatic N) is 3. The van der Waals surface area contributed by atoms with Crippen molar-refractivity contribution in [2.75, 3.05) is 7.11 Å². The summed E-state index contributed by atoms with van der Waals surface area (Å²) in [5, 5.41) is 17.8. The van der Waals surface area contributed by atoms with Gasteiger partial charge in [-0.05, 0) is 31.0 Å². The second-order valence-corrected chi connectivity index (χ2v) is 5.06. The summed E-state index contributed by atoms with van der Waals surface area (Å²) in [5.41, 5.74) is 0.702. The molecule has 21 heavy (non-hydrogen) atoms. The summed E-state index contributed by atoms with van der Waals surface area (Å²) >= 11 is 0. The predicted octanol–water partition coefficient (Wildman–Crippen LogP) is 1.69. The Bertz CT molecular complexity index is 625. The molecule has 1 aromatic heterocycles. The third kappa shape index (κ3) is 2.85. The van der Waals surface area contributed by atoms with Gasteiger partial charge in [0.1, 0.15) is 23.9 Å². The van der Waals surface area contributed by atoms with E-state index >= 15 is 0 Å². The zero-order valence-electron chi connectivity index (χ0n) is 12.1. The normalized spacial score (nSPS) is 13.8. The van der Waals surface area contributed by atoms with Gasteiger partial charge in [-0.3, -0.25) is 0 Å². The van der Waals surface area contributed by atoms with Crippen LogP contribution in [0.1, 0.15) is 30.1 Å². The first-order valence-electron chi connectivity index (χ1n) is 7.13. The fourth-order valence-corrected chi connectivity index (χ4v) is 2.56. The Morgan fingerprint density at radius 2 is 2.19 bits per heavy atom. The van der Waals surface area contributed by atoms with E-state index in [1.807, 2.05) is 6.07 Å². The third-order valence-corrected chi connectivity index (χ3v) is 3.73. The Morgan fingerprint density at radius 1 is 1.29 bits per heavy atom. The van der Waals surface area contributed by atoms with Crippen LogP contribution in [-0.2, 0) is 26.2 Å². The van der Waals surface area contributed by atoms with Gasteiger partial charge >= 0.3 is 0 Å². The fraction of sp³-hybridized carbons (Fsp3) is 0.467. The standard InChI is InChI=1S/C15H19N3O3/c1-20-12-5-6-13(11(8-12)9-19)21-10-15-17-16-14-4-2-3-7-18(14)15/h5-6,8,19H,2-4,7,9-10H2,1H3. The molecule has 0 atom stereocenters. The molecule has 6 heteroatoms. The lowest BCUT2D eigenvalue weighted by molar-refractivity contribution is 0.251. The van der Waals surface area contributed by atoms with Crippen LogP contribution in [0.2, 0.25) is 0 Å². The lowest BCUT2D eigenvalue weighted by atomic mass is 10.2. The molecule has 1 N–H and O–H groups in total. The molecule has 0 radical (unpaired) electrons. The smallest absolute Gasteiger partial charge is 0.171 e. The number of methoxy groups -OCH3 is 1. The van der Waals surface area contributed by atoms with Crippen LogP contribution in [0.4, 0.5) is 0 Å². The topological polar surface area (TPSA) is 69.4 Å². The van der Waals surface area contributed by atoms with E-state index in [4.69, 9.17) is 9.47 Å². The molecule has 0 saturated carbocycles. The minimum Gasteiger partial charge on any atom is -0.497 e. The fourth-order valence-electron chi connectivity index (χ4n) is 2.56. The molecule has 1 aliphatic rings. The van der Waals surface area contributed by atoms with Crippen LogP contribution in [-0.4, -0.2) is 27.0 Å². The molecular weight excluding hydrogens is 270 g/mol. The summed E-state index contributed by atoms with van der Waals surface area (Å²) < 4.78 is 13.1. The van der Waals surface area contributed by atoms with Crippen LogP contribution >= 0.6 is 0 Å². The molecule has 0 fully saturated rings. The maximum atomic E-state index is 9.42. The number of aliphatic hydroxyl groups is 1. The maximum absolute atomic E-state index is 9.42. The summed E-state index contributed by atoms with van der Waals surface area (Å²) in [6.07, 6.45) is 3.31. The van der Waals surface area contributed by atoms with Crippen molar-refractivity contribution in [3.8, 4) is 11.5 Å². The number of aromatic nitrogens is 3. The van der Waals surface area contributed by atoms with Crippen LogP contribution in [0, 0.1) is 0 Å². The lowest BCUT2D eigenvalue weighted by Gasteiger charge is -2.15. The zero-order chi connectivity index (χ0) is 14.7. The summed E-state index contributed by atoms with van der Waals surface area (Å²) in [6.45, 7) is 1.22. The van der Waals surface area contributed by atoms with Crippen molar-refractivity contribution in [2.24, 2.45) is 0 Å². The number of hydrogen-bond acceptors (Lipinski definition) is 5. The van der Waals surface area contributed by atoms with Gasteiger partial charge in [0.25, 0.3) is 0 Å². The van der Waals surface area contributed by atoms with Gasteiger partial charge in [0, 0.05) is 18.5 Å². The number of fused-ring (bicyclic) bond motifs is 1. The van der Waals surface area contributed by atoms with Crippen LogP contribution in [0.15, 0.2) is 18.2 Å². The van der Waals surface area contributed by atoms with Crippen LogP contribution in [0.3, 0.4) is 0 Å². The van der Waals surface area contributed by atoms with E-state index in [1.54, 1.807) is 19.2 Å². The molecule has 6 nitrogen and oxygen atoms in total. The van der Waals surface area contributed by atoms with Gasteiger partial charge < -0.3 is 19.1 Å². The number of ether oxygens (including phenoxy) is 2. The number of aliphatic hydroxyl groups excluding tert-OH is 1. The molecule has 0 unspecified atom stereocenters. The monoisotopic (exact) mass is 289 g/mol. The Kier molecular flexibility index (Phi) is 4.06. The molecule has 1 aromatic carbocycles. The van der Waals surface area contributed by atoms with Gasteiger partial charge in [-0.15, -0.1) is 10.2 Å². The highest BCUT2D eigenvalue weighted by molar-refractivity contribution is 5.39. The Hall–Kier alpha value is -2.08. The number of aryl methyl sites for hydroxylation is 1. The van der Waals surface area contributed by atoms with E-state index in [0.29, 0.717) is 23.7 Å². The molecule has 2 heterocycles. The minimum absolute atomic E-state index is 0.0928. The summed E-state index contributed by atoms with van der Waals surface area (Å²) in [7, 11) is 1.60. The highest BCUT2D eigenvalue weighted by Crippen LogP contribution is 2.25. The van der Waals surface area contributed by atoms with E-state index in [0.717, 1.165) is 31.0 Å². The van der Waals surface area contributed by atoms with E-state index in [9.17, 15) is 5.11 Å². The van der Waals surface area contributed by atoms with Gasteiger partial charge in [-0.25, -0.2) is 0 Å².